The van der Waals surface area contributed by atoms with Crippen molar-refractivity contribution in [2.24, 2.45) is 0 Å². The predicted octanol–water partition coefficient (Wildman–Crippen LogP) is 3.23. The lowest BCUT2D eigenvalue weighted by atomic mass is 10.2. The van der Waals surface area contributed by atoms with E-state index in [-0.39, 0.29) is 24.4 Å². The van der Waals surface area contributed by atoms with Crippen LogP contribution in [0.25, 0.3) is 0 Å². The number of hydrogen-bond donors (Lipinski definition) is 2. The van der Waals surface area contributed by atoms with Crippen molar-refractivity contribution in [3.8, 4) is 5.75 Å². The van der Waals surface area contributed by atoms with E-state index in [1.807, 2.05) is 31.2 Å². The minimum Gasteiger partial charge on any atom is -0.489 e. The van der Waals surface area contributed by atoms with E-state index in [2.05, 4.69) is 46.7 Å². The third kappa shape index (κ3) is 6.24. The van der Waals surface area contributed by atoms with Gasteiger partial charge in [0.2, 0.25) is 5.91 Å². The Bertz CT molecular complexity index is 730. The van der Waals surface area contributed by atoms with Gasteiger partial charge in [0, 0.05) is 37.9 Å². The second-order valence-corrected chi connectivity index (χ2v) is 6.75. The minimum atomic E-state index is -0.144. The number of carbonyl (C=O) groups is 1. The number of halogens is 1. The van der Waals surface area contributed by atoms with Gasteiger partial charge >= 0.3 is 0 Å². The number of anilines is 1. The first-order valence-electron chi connectivity index (χ1n) is 9.16. The van der Waals surface area contributed by atoms with Gasteiger partial charge in [-0.3, -0.25) is 9.69 Å². The summed E-state index contributed by atoms with van der Waals surface area (Å²) in [4.78, 5) is 14.7. The van der Waals surface area contributed by atoms with E-state index < -0.39 is 0 Å². The minimum absolute atomic E-state index is 0. The summed E-state index contributed by atoms with van der Waals surface area (Å²) in [5, 5.41) is 6.31. The fourth-order valence-electron chi connectivity index (χ4n) is 3.00. The van der Waals surface area contributed by atoms with Crippen molar-refractivity contribution in [1.82, 2.24) is 10.2 Å². The normalized spacial score (nSPS) is 15.5. The molecule has 1 aliphatic rings. The van der Waals surface area contributed by atoms with E-state index in [0.29, 0.717) is 6.61 Å². The van der Waals surface area contributed by atoms with Gasteiger partial charge in [0.25, 0.3) is 0 Å². The van der Waals surface area contributed by atoms with Gasteiger partial charge in [-0.2, -0.15) is 0 Å². The molecule has 0 spiro atoms. The number of hydrogen-bond acceptors (Lipinski definition) is 4. The summed E-state index contributed by atoms with van der Waals surface area (Å²) in [5.41, 5.74) is 3.12. The van der Waals surface area contributed by atoms with Gasteiger partial charge in [0.15, 0.2) is 0 Å². The zero-order valence-corrected chi connectivity index (χ0v) is 16.7. The first kappa shape index (κ1) is 21.2. The van der Waals surface area contributed by atoms with Crippen LogP contribution in [-0.2, 0) is 11.4 Å². The fourth-order valence-corrected chi connectivity index (χ4v) is 3.00. The Hall–Kier alpha value is -2.08. The molecule has 0 aliphatic carbocycles. The second-order valence-electron chi connectivity index (χ2n) is 6.75. The van der Waals surface area contributed by atoms with E-state index in [0.717, 1.165) is 43.2 Å². The summed E-state index contributed by atoms with van der Waals surface area (Å²) in [6, 6.07) is 15.7. The molecule has 3 rings (SSSR count). The second kappa shape index (κ2) is 10.3. The van der Waals surface area contributed by atoms with Crippen LogP contribution in [0.15, 0.2) is 48.5 Å². The van der Waals surface area contributed by atoms with Crippen molar-refractivity contribution in [2.75, 3.05) is 31.5 Å². The summed E-state index contributed by atoms with van der Waals surface area (Å²) >= 11 is 0. The molecule has 1 aliphatic heterocycles. The van der Waals surface area contributed by atoms with Crippen LogP contribution in [0.1, 0.15) is 18.1 Å². The molecule has 0 saturated carbocycles. The van der Waals surface area contributed by atoms with E-state index in [9.17, 15) is 4.79 Å². The zero-order valence-electron chi connectivity index (χ0n) is 15.9. The molecule has 1 fully saturated rings. The van der Waals surface area contributed by atoms with Crippen LogP contribution in [0.5, 0.6) is 5.75 Å². The number of nitrogens with one attached hydrogen (secondary N) is 2. The maximum Gasteiger partial charge on any atom is 0.241 e. The van der Waals surface area contributed by atoms with Gasteiger partial charge in [0.1, 0.15) is 12.4 Å². The van der Waals surface area contributed by atoms with Crippen LogP contribution in [0.3, 0.4) is 0 Å². The highest BCUT2D eigenvalue weighted by atomic mass is 35.5. The molecule has 146 valence electrons. The van der Waals surface area contributed by atoms with E-state index >= 15 is 0 Å². The average molecular weight is 390 g/mol. The van der Waals surface area contributed by atoms with Crippen molar-refractivity contribution in [1.29, 1.82) is 0 Å². The summed E-state index contributed by atoms with van der Waals surface area (Å²) in [5.74, 6) is 0.765. The van der Waals surface area contributed by atoms with Crippen molar-refractivity contribution >= 4 is 24.0 Å². The lowest BCUT2D eigenvalue weighted by Crippen LogP contribution is -2.51. The van der Waals surface area contributed by atoms with E-state index in [1.54, 1.807) is 0 Å². The molecule has 0 radical (unpaired) electrons. The fraction of sp³-hybridized carbons (Fsp3) is 0.381. The zero-order chi connectivity index (χ0) is 18.4. The molecule has 2 N–H and O–H groups in total. The lowest BCUT2D eigenvalue weighted by Gasteiger charge is -2.31. The number of piperazine rings is 1. The molecule has 1 saturated heterocycles. The lowest BCUT2D eigenvalue weighted by molar-refractivity contribution is -0.120. The van der Waals surface area contributed by atoms with Crippen LogP contribution in [0.4, 0.5) is 5.69 Å². The molecule has 27 heavy (non-hydrogen) atoms. The molecule has 6 heteroatoms. The largest absolute Gasteiger partial charge is 0.489 e. The summed E-state index contributed by atoms with van der Waals surface area (Å²) < 4.78 is 5.86. The van der Waals surface area contributed by atoms with Gasteiger partial charge in [0.05, 0.1) is 6.04 Å². The Labute approximate surface area is 167 Å². The van der Waals surface area contributed by atoms with Gasteiger partial charge in [-0.15, -0.1) is 12.4 Å². The van der Waals surface area contributed by atoms with Crippen molar-refractivity contribution in [3.63, 3.8) is 0 Å². The molecule has 0 bridgehead atoms. The monoisotopic (exact) mass is 389 g/mol. The van der Waals surface area contributed by atoms with Gasteiger partial charge < -0.3 is 15.4 Å². The molecule has 2 aromatic rings. The summed E-state index contributed by atoms with van der Waals surface area (Å²) in [6.45, 7) is 8.19. The third-order valence-corrected chi connectivity index (χ3v) is 4.71. The van der Waals surface area contributed by atoms with Crippen LogP contribution < -0.4 is 15.4 Å². The van der Waals surface area contributed by atoms with Crippen LogP contribution in [0.2, 0.25) is 0 Å². The average Bonchev–Trinajstić information content (AvgIpc) is 2.68. The van der Waals surface area contributed by atoms with Gasteiger partial charge in [-0.05, 0) is 31.5 Å². The van der Waals surface area contributed by atoms with E-state index in [1.165, 1.54) is 5.56 Å². The molecule has 5 nitrogen and oxygen atoms in total. The van der Waals surface area contributed by atoms with Gasteiger partial charge in [-0.25, -0.2) is 0 Å². The molecular formula is C21H28ClN3O2. The molecule has 1 heterocycles. The van der Waals surface area contributed by atoms with Crippen molar-refractivity contribution in [3.05, 3.63) is 59.7 Å². The first-order valence-corrected chi connectivity index (χ1v) is 9.16. The van der Waals surface area contributed by atoms with Crippen molar-refractivity contribution < 1.29 is 9.53 Å². The van der Waals surface area contributed by atoms with E-state index in [4.69, 9.17) is 4.74 Å². The summed E-state index contributed by atoms with van der Waals surface area (Å²) in [7, 11) is 0. The predicted molar refractivity (Wildman–Crippen MR) is 112 cm³/mol. The quantitative estimate of drug-likeness (QED) is 0.796. The van der Waals surface area contributed by atoms with Crippen molar-refractivity contribution in [2.45, 2.75) is 26.5 Å². The number of nitrogens with zero attached hydrogens (tertiary/aromatic N) is 1. The molecule has 0 aromatic heterocycles. The number of rotatable bonds is 6. The number of benzene rings is 2. The smallest absolute Gasteiger partial charge is 0.241 e. The third-order valence-electron chi connectivity index (χ3n) is 4.71. The molecule has 2 aromatic carbocycles. The first-order chi connectivity index (χ1) is 12.6. The standard InChI is InChI=1S/C21H27N3O2.ClH/c1-16-6-8-18(9-7-16)15-26-20-5-3-4-19(14-20)23-21(25)17(2)24-12-10-22-11-13-24;/h3-9,14,17,22H,10-13,15H2,1-2H3,(H,23,25);1H. The molecule has 1 unspecified atom stereocenters. The number of aryl methyl sites for hydroxylation is 1. The topological polar surface area (TPSA) is 53.6 Å². The summed E-state index contributed by atoms with van der Waals surface area (Å²) in [6.07, 6.45) is 0. The maximum absolute atomic E-state index is 12.5. The Morgan fingerprint density at radius 2 is 1.89 bits per heavy atom. The Balaban J connectivity index is 0.00000261. The number of ether oxygens (including phenoxy) is 1. The Kier molecular flexibility index (Phi) is 8.10. The maximum atomic E-state index is 12.5. The number of amides is 1. The number of carbonyl (C=O) groups excluding carboxylic acids is 1. The van der Waals surface area contributed by atoms with Crippen LogP contribution in [0, 0.1) is 6.92 Å². The highest BCUT2D eigenvalue weighted by Gasteiger charge is 2.22. The van der Waals surface area contributed by atoms with Crippen LogP contribution >= 0.6 is 12.4 Å². The van der Waals surface area contributed by atoms with Crippen LogP contribution in [-0.4, -0.2) is 43.0 Å². The van der Waals surface area contributed by atoms with Gasteiger partial charge in [-0.1, -0.05) is 35.9 Å². The molecule has 1 amide bonds. The Morgan fingerprint density at radius 3 is 2.59 bits per heavy atom. The Morgan fingerprint density at radius 1 is 1.19 bits per heavy atom. The molecule has 1 atom stereocenters. The SMILES string of the molecule is Cc1ccc(COc2cccc(NC(=O)C(C)N3CCNCC3)c2)cc1.Cl. The molecular weight excluding hydrogens is 362 g/mol. The highest BCUT2D eigenvalue weighted by molar-refractivity contribution is 5.94. The highest BCUT2D eigenvalue weighted by Crippen LogP contribution is 2.19.